The highest BCUT2D eigenvalue weighted by molar-refractivity contribution is 7.89. The number of nitrogens with one attached hydrogen (secondary N) is 1. The Morgan fingerprint density at radius 1 is 0.962 bits per heavy atom. The highest BCUT2D eigenvalue weighted by Crippen LogP contribution is 2.21. The van der Waals surface area contributed by atoms with Crippen molar-refractivity contribution in [3.8, 4) is 0 Å². The summed E-state index contributed by atoms with van der Waals surface area (Å²) in [4.78, 5) is 17.4. The van der Waals surface area contributed by atoms with E-state index in [2.05, 4.69) is 5.32 Å². The fourth-order valence-electron chi connectivity index (χ4n) is 2.58. The zero-order valence-corrected chi connectivity index (χ0v) is 15.2. The molecule has 3 aromatic carbocycles. The molecule has 0 saturated heterocycles. The van der Waals surface area contributed by atoms with Crippen LogP contribution in [0.4, 0.5) is 5.69 Å². The number of carbonyl (C=O) groups is 1. The van der Waals surface area contributed by atoms with Crippen LogP contribution in [-0.2, 0) is 14.9 Å². The van der Waals surface area contributed by atoms with Gasteiger partial charge in [0, 0.05) is 18.3 Å². The Bertz CT molecular complexity index is 1040. The van der Waals surface area contributed by atoms with E-state index in [1.807, 2.05) is 36.4 Å². The summed E-state index contributed by atoms with van der Waals surface area (Å²) < 4.78 is 25.1. The highest BCUT2D eigenvalue weighted by atomic mass is 32.2. The average Bonchev–Trinajstić information content (AvgIpc) is 2.67. The predicted octanol–water partition coefficient (Wildman–Crippen LogP) is 3.27. The topological polar surface area (TPSA) is 75.7 Å². The van der Waals surface area contributed by atoms with Gasteiger partial charge in [-0.2, -0.15) is 0 Å². The smallest absolute Gasteiger partial charge is 0.264 e. The van der Waals surface area contributed by atoms with Crippen molar-refractivity contribution in [2.24, 2.45) is 0 Å². The van der Waals surface area contributed by atoms with Crippen LogP contribution in [0.25, 0.3) is 10.8 Å². The summed E-state index contributed by atoms with van der Waals surface area (Å²) in [5.41, 5.74) is 1.06. The molecule has 7 heteroatoms. The van der Waals surface area contributed by atoms with Crippen LogP contribution in [0.2, 0.25) is 0 Å². The Balaban J connectivity index is 1.84. The lowest BCUT2D eigenvalue weighted by molar-refractivity contribution is -0.0258. The molecule has 134 valence electrons. The number of carbonyl (C=O) groups excluding carboxylic acids is 1. The Labute approximate surface area is 152 Å². The first-order chi connectivity index (χ1) is 12.4. The van der Waals surface area contributed by atoms with Crippen molar-refractivity contribution in [2.45, 2.75) is 4.90 Å². The number of hydroxylamine groups is 1. The van der Waals surface area contributed by atoms with Crippen molar-refractivity contribution < 1.29 is 18.0 Å². The van der Waals surface area contributed by atoms with Gasteiger partial charge in [0.05, 0.1) is 12.0 Å². The second-order valence-corrected chi connectivity index (χ2v) is 7.54. The van der Waals surface area contributed by atoms with Gasteiger partial charge in [-0.3, -0.25) is 9.63 Å². The molecule has 0 radical (unpaired) electrons. The third kappa shape index (κ3) is 3.45. The van der Waals surface area contributed by atoms with E-state index in [1.165, 1.54) is 26.3 Å². The number of sulfonamides is 1. The van der Waals surface area contributed by atoms with Crippen LogP contribution in [0.3, 0.4) is 0 Å². The predicted molar refractivity (Wildman–Crippen MR) is 100 cm³/mol. The maximum atomic E-state index is 12.6. The van der Waals surface area contributed by atoms with Crippen LogP contribution in [0.1, 0.15) is 10.4 Å². The van der Waals surface area contributed by atoms with E-state index in [0.29, 0.717) is 11.3 Å². The van der Waals surface area contributed by atoms with Crippen LogP contribution < -0.4 is 5.32 Å². The molecule has 0 aromatic heterocycles. The van der Waals surface area contributed by atoms with Crippen molar-refractivity contribution in [1.82, 2.24) is 4.47 Å². The van der Waals surface area contributed by atoms with Crippen LogP contribution in [-0.4, -0.2) is 33.0 Å². The number of fused-ring (bicyclic) bond motifs is 1. The number of benzene rings is 3. The molecule has 1 N–H and O–H groups in total. The number of hydrogen-bond acceptors (Lipinski definition) is 4. The van der Waals surface area contributed by atoms with Gasteiger partial charge in [0.15, 0.2) is 0 Å². The number of hydrogen-bond donors (Lipinski definition) is 1. The summed E-state index contributed by atoms with van der Waals surface area (Å²) in [6, 6.07) is 19.1. The zero-order valence-electron chi connectivity index (χ0n) is 14.3. The Morgan fingerprint density at radius 2 is 1.62 bits per heavy atom. The number of amides is 1. The molecule has 0 saturated carbocycles. The Morgan fingerprint density at radius 3 is 2.31 bits per heavy atom. The van der Waals surface area contributed by atoms with E-state index in [9.17, 15) is 13.2 Å². The van der Waals surface area contributed by atoms with Gasteiger partial charge in [0.1, 0.15) is 0 Å². The number of rotatable bonds is 5. The summed E-state index contributed by atoms with van der Waals surface area (Å²) >= 11 is 0. The van der Waals surface area contributed by atoms with Crippen LogP contribution >= 0.6 is 0 Å². The van der Waals surface area contributed by atoms with Gasteiger partial charge in [-0.25, -0.2) is 8.42 Å². The molecule has 0 bridgehead atoms. The van der Waals surface area contributed by atoms with E-state index in [1.54, 1.807) is 18.2 Å². The molecule has 3 aromatic rings. The molecular weight excluding hydrogens is 352 g/mol. The largest absolute Gasteiger partial charge is 0.322 e. The lowest BCUT2D eigenvalue weighted by Gasteiger charge is -2.14. The standard InChI is InChI=1S/C19H18N2O4S/c1-21(25-2)26(23,24)16-12-10-15(11-13-16)20-19(22)18-9-5-7-14-6-3-4-8-17(14)18/h3-13H,1-2H3,(H,20,22). The molecule has 0 aliphatic heterocycles. The zero-order chi connectivity index (χ0) is 18.7. The van der Waals surface area contributed by atoms with Gasteiger partial charge in [-0.1, -0.05) is 40.9 Å². The van der Waals surface area contributed by atoms with Gasteiger partial charge in [0.25, 0.3) is 15.9 Å². The van der Waals surface area contributed by atoms with Gasteiger partial charge in [0.2, 0.25) is 0 Å². The molecule has 6 nitrogen and oxygen atoms in total. The fraction of sp³-hybridized carbons (Fsp3) is 0.105. The molecule has 0 spiro atoms. The van der Waals surface area contributed by atoms with Gasteiger partial charge < -0.3 is 5.32 Å². The molecule has 0 aliphatic rings. The van der Waals surface area contributed by atoms with Gasteiger partial charge in [-0.05, 0) is 41.1 Å². The van der Waals surface area contributed by atoms with Crippen molar-refractivity contribution in [3.05, 3.63) is 72.3 Å². The minimum absolute atomic E-state index is 0.0741. The molecule has 3 rings (SSSR count). The quantitative estimate of drug-likeness (QED) is 0.700. The van der Waals surface area contributed by atoms with Crippen LogP contribution in [0, 0.1) is 0 Å². The first-order valence-electron chi connectivity index (χ1n) is 7.85. The third-order valence-corrected chi connectivity index (χ3v) is 5.73. The van der Waals surface area contributed by atoms with E-state index in [4.69, 9.17) is 4.84 Å². The van der Waals surface area contributed by atoms with Crippen LogP contribution in [0.15, 0.2) is 71.6 Å². The molecule has 0 heterocycles. The van der Waals surface area contributed by atoms with E-state index in [-0.39, 0.29) is 10.8 Å². The lowest BCUT2D eigenvalue weighted by atomic mass is 10.0. The first-order valence-corrected chi connectivity index (χ1v) is 9.29. The Hall–Kier alpha value is -2.74. The van der Waals surface area contributed by atoms with Gasteiger partial charge >= 0.3 is 0 Å². The summed E-state index contributed by atoms with van der Waals surface area (Å²) in [6.07, 6.45) is 0. The second-order valence-electron chi connectivity index (χ2n) is 5.60. The molecular formula is C19H18N2O4S. The summed E-state index contributed by atoms with van der Waals surface area (Å²) in [5, 5.41) is 4.62. The SMILES string of the molecule is CON(C)S(=O)(=O)c1ccc(NC(=O)c2cccc3ccccc23)cc1. The first kappa shape index (κ1) is 18.1. The maximum Gasteiger partial charge on any atom is 0.264 e. The third-order valence-electron chi connectivity index (χ3n) is 4.04. The van der Waals surface area contributed by atoms with Crippen molar-refractivity contribution in [2.75, 3.05) is 19.5 Å². The monoisotopic (exact) mass is 370 g/mol. The molecule has 1 amide bonds. The van der Waals surface area contributed by atoms with Gasteiger partial charge in [-0.15, -0.1) is 0 Å². The molecule has 26 heavy (non-hydrogen) atoms. The fourth-order valence-corrected chi connectivity index (χ4v) is 3.55. The normalized spacial score (nSPS) is 11.7. The maximum absolute atomic E-state index is 12.6. The summed E-state index contributed by atoms with van der Waals surface area (Å²) in [6.45, 7) is 0. The molecule has 0 aliphatic carbocycles. The minimum Gasteiger partial charge on any atom is -0.322 e. The van der Waals surface area contributed by atoms with Crippen molar-refractivity contribution >= 4 is 32.4 Å². The van der Waals surface area contributed by atoms with Crippen LogP contribution in [0.5, 0.6) is 0 Å². The number of nitrogens with zero attached hydrogens (tertiary/aromatic N) is 1. The van der Waals surface area contributed by atoms with E-state index >= 15 is 0 Å². The molecule has 0 unspecified atom stereocenters. The highest BCUT2D eigenvalue weighted by Gasteiger charge is 2.20. The van der Waals surface area contributed by atoms with Crippen molar-refractivity contribution in [3.63, 3.8) is 0 Å². The second kappa shape index (κ2) is 7.25. The average molecular weight is 370 g/mol. The number of anilines is 1. The van der Waals surface area contributed by atoms with Crippen molar-refractivity contribution in [1.29, 1.82) is 0 Å². The summed E-state index contributed by atoms with van der Waals surface area (Å²) in [5.74, 6) is -0.258. The molecule has 0 atom stereocenters. The lowest BCUT2D eigenvalue weighted by Crippen LogP contribution is -2.25. The van der Waals surface area contributed by atoms with E-state index < -0.39 is 10.0 Å². The summed E-state index contributed by atoms with van der Waals surface area (Å²) in [7, 11) is -1.13. The minimum atomic E-state index is -3.72. The molecule has 0 fully saturated rings. The Kier molecular flexibility index (Phi) is 5.03. The van der Waals surface area contributed by atoms with E-state index in [0.717, 1.165) is 15.2 Å².